The van der Waals surface area contributed by atoms with E-state index in [2.05, 4.69) is 26.1 Å². The van der Waals surface area contributed by atoms with E-state index >= 15 is 0 Å². The van der Waals surface area contributed by atoms with Gasteiger partial charge in [0.05, 0.1) is 0 Å². The van der Waals surface area contributed by atoms with Gasteiger partial charge in [-0.25, -0.2) is 0 Å². The van der Waals surface area contributed by atoms with Crippen LogP contribution in [0, 0.1) is 5.41 Å². The Morgan fingerprint density at radius 3 is 2.33 bits per heavy atom. The van der Waals surface area contributed by atoms with Crippen molar-refractivity contribution in [2.45, 2.75) is 47.0 Å². The maximum absolute atomic E-state index is 11.0. The van der Waals surface area contributed by atoms with E-state index in [1.165, 1.54) is 0 Å². The molecule has 0 atom stereocenters. The van der Waals surface area contributed by atoms with Crippen molar-refractivity contribution in [1.29, 1.82) is 0 Å². The number of nitrogens with one attached hydrogen (secondary N) is 1. The van der Waals surface area contributed by atoms with Gasteiger partial charge in [-0.3, -0.25) is 4.79 Å². The van der Waals surface area contributed by atoms with E-state index in [-0.39, 0.29) is 5.91 Å². The Hall–Kier alpha value is -0.530. The molecule has 0 heterocycles. The minimum Gasteiger partial charge on any atom is -0.356 e. The number of hydrogen-bond donors (Lipinski definition) is 1. The zero-order valence-corrected chi connectivity index (χ0v) is 8.74. The smallest absolute Gasteiger partial charge is 0.219 e. The van der Waals surface area contributed by atoms with Gasteiger partial charge in [0.2, 0.25) is 5.91 Å². The molecule has 0 unspecified atom stereocenters. The van der Waals surface area contributed by atoms with Crippen molar-refractivity contribution < 1.29 is 4.79 Å². The van der Waals surface area contributed by atoms with Gasteiger partial charge in [0, 0.05) is 13.0 Å². The van der Waals surface area contributed by atoms with Crippen LogP contribution in [0.2, 0.25) is 0 Å². The lowest BCUT2D eigenvalue weighted by molar-refractivity contribution is -0.121. The third kappa shape index (κ3) is 7.58. The fourth-order valence-electron chi connectivity index (χ4n) is 1.06. The minimum atomic E-state index is 0.182. The average molecular weight is 171 g/mol. The molecule has 2 heteroatoms. The van der Waals surface area contributed by atoms with Gasteiger partial charge in [0.1, 0.15) is 0 Å². The van der Waals surface area contributed by atoms with E-state index in [0.717, 1.165) is 19.4 Å². The van der Waals surface area contributed by atoms with Crippen LogP contribution in [0.15, 0.2) is 0 Å². The van der Waals surface area contributed by atoms with Gasteiger partial charge >= 0.3 is 0 Å². The van der Waals surface area contributed by atoms with Crippen LogP contribution in [-0.2, 0) is 4.79 Å². The Labute approximate surface area is 75.7 Å². The molecule has 0 bridgehead atoms. The molecule has 0 aromatic rings. The molecule has 0 aliphatic heterocycles. The minimum absolute atomic E-state index is 0.182. The predicted octanol–water partition coefficient (Wildman–Crippen LogP) is 2.34. The third-order valence-electron chi connectivity index (χ3n) is 1.70. The van der Waals surface area contributed by atoms with Gasteiger partial charge in [0.25, 0.3) is 0 Å². The summed E-state index contributed by atoms with van der Waals surface area (Å²) in [4.78, 5) is 11.0. The second-order valence-corrected chi connectivity index (χ2v) is 4.37. The van der Waals surface area contributed by atoms with Crippen LogP contribution in [-0.4, -0.2) is 12.5 Å². The number of amides is 1. The highest BCUT2D eigenvalue weighted by Gasteiger charge is 2.10. The molecule has 0 aliphatic rings. The monoisotopic (exact) mass is 171 g/mol. The zero-order chi connectivity index (χ0) is 9.61. The fraction of sp³-hybridized carbons (Fsp3) is 0.900. The second-order valence-electron chi connectivity index (χ2n) is 4.37. The quantitative estimate of drug-likeness (QED) is 0.691. The maximum atomic E-state index is 11.0. The number of rotatable bonds is 4. The summed E-state index contributed by atoms with van der Waals surface area (Å²) < 4.78 is 0. The summed E-state index contributed by atoms with van der Waals surface area (Å²) in [5.74, 6) is 0.182. The third-order valence-corrected chi connectivity index (χ3v) is 1.70. The average Bonchev–Trinajstić information content (AvgIpc) is 1.84. The van der Waals surface area contributed by atoms with Crippen LogP contribution in [0.25, 0.3) is 0 Å². The summed E-state index contributed by atoms with van der Waals surface area (Å²) >= 11 is 0. The van der Waals surface area contributed by atoms with Crippen LogP contribution in [0.4, 0.5) is 0 Å². The van der Waals surface area contributed by atoms with Crippen molar-refractivity contribution >= 4 is 5.91 Å². The Balaban J connectivity index is 3.37. The topological polar surface area (TPSA) is 29.1 Å². The molecule has 0 radical (unpaired) electrons. The van der Waals surface area contributed by atoms with Gasteiger partial charge in [0.15, 0.2) is 0 Å². The summed E-state index contributed by atoms with van der Waals surface area (Å²) in [5, 5.41) is 2.79. The Bertz CT molecular complexity index is 135. The van der Waals surface area contributed by atoms with Gasteiger partial charge < -0.3 is 5.32 Å². The molecule has 0 saturated carbocycles. The lowest BCUT2D eigenvalue weighted by Crippen LogP contribution is -2.22. The van der Waals surface area contributed by atoms with E-state index in [4.69, 9.17) is 0 Å². The summed E-state index contributed by atoms with van der Waals surface area (Å²) in [6.45, 7) is 9.29. The molecule has 0 spiro atoms. The molecule has 0 aliphatic carbocycles. The SMILES string of the molecule is CCNC(=O)CCCC(C)(C)C. The first-order valence-electron chi connectivity index (χ1n) is 4.72. The van der Waals surface area contributed by atoms with Crippen LogP contribution < -0.4 is 5.32 Å². The van der Waals surface area contributed by atoms with E-state index in [0.29, 0.717) is 11.8 Å². The Morgan fingerprint density at radius 2 is 1.92 bits per heavy atom. The van der Waals surface area contributed by atoms with Crippen molar-refractivity contribution in [2.75, 3.05) is 6.54 Å². The molecule has 0 saturated heterocycles. The molecule has 2 nitrogen and oxygen atoms in total. The van der Waals surface area contributed by atoms with Crippen LogP contribution in [0.3, 0.4) is 0 Å². The molecule has 0 fully saturated rings. The van der Waals surface area contributed by atoms with Gasteiger partial charge in [-0.15, -0.1) is 0 Å². The Morgan fingerprint density at radius 1 is 1.33 bits per heavy atom. The normalized spacial score (nSPS) is 11.3. The molecule has 72 valence electrons. The van der Waals surface area contributed by atoms with Crippen molar-refractivity contribution in [3.05, 3.63) is 0 Å². The first kappa shape index (κ1) is 11.5. The summed E-state index contributed by atoms with van der Waals surface area (Å²) in [6.07, 6.45) is 2.78. The summed E-state index contributed by atoms with van der Waals surface area (Å²) in [7, 11) is 0. The van der Waals surface area contributed by atoms with Crippen LogP contribution in [0.1, 0.15) is 47.0 Å². The largest absolute Gasteiger partial charge is 0.356 e. The molecule has 1 amide bonds. The molecular formula is C10H21NO. The molecule has 0 aromatic heterocycles. The van der Waals surface area contributed by atoms with Crippen LogP contribution >= 0.6 is 0 Å². The first-order chi connectivity index (χ1) is 5.45. The molecule has 0 aromatic carbocycles. The molecular weight excluding hydrogens is 150 g/mol. The van der Waals surface area contributed by atoms with Crippen molar-refractivity contribution in [2.24, 2.45) is 5.41 Å². The summed E-state index contributed by atoms with van der Waals surface area (Å²) in [5.41, 5.74) is 0.354. The maximum Gasteiger partial charge on any atom is 0.219 e. The fourth-order valence-corrected chi connectivity index (χ4v) is 1.06. The van der Waals surface area contributed by atoms with Gasteiger partial charge in [-0.2, -0.15) is 0 Å². The highest BCUT2D eigenvalue weighted by Crippen LogP contribution is 2.21. The molecule has 12 heavy (non-hydrogen) atoms. The highest BCUT2D eigenvalue weighted by molar-refractivity contribution is 5.75. The van der Waals surface area contributed by atoms with Crippen LogP contribution in [0.5, 0.6) is 0 Å². The van der Waals surface area contributed by atoms with Crippen molar-refractivity contribution in [3.63, 3.8) is 0 Å². The van der Waals surface area contributed by atoms with Gasteiger partial charge in [-0.05, 0) is 25.2 Å². The van der Waals surface area contributed by atoms with E-state index in [1.54, 1.807) is 0 Å². The van der Waals surface area contributed by atoms with E-state index in [9.17, 15) is 4.79 Å². The Kier molecular flexibility index (Phi) is 4.95. The van der Waals surface area contributed by atoms with E-state index < -0.39 is 0 Å². The van der Waals surface area contributed by atoms with Crippen molar-refractivity contribution in [1.82, 2.24) is 5.32 Å². The molecule has 0 rings (SSSR count). The molecule has 1 N–H and O–H groups in total. The standard InChI is InChI=1S/C10H21NO/c1-5-11-9(12)7-6-8-10(2,3)4/h5-8H2,1-4H3,(H,11,12). The number of carbonyl (C=O) groups is 1. The lowest BCUT2D eigenvalue weighted by atomic mass is 9.90. The zero-order valence-electron chi connectivity index (χ0n) is 8.74. The second kappa shape index (κ2) is 5.18. The van der Waals surface area contributed by atoms with Crippen molar-refractivity contribution in [3.8, 4) is 0 Å². The number of carbonyl (C=O) groups excluding carboxylic acids is 1. The number of hydrogen-bond acceptors (Lipinski definition) is 1. The summed E-state index contributed by atoms with van der Waals surface area (Å²) in [6, 6.07) is 0. The first-order valence-corrected chi connectivity index (χ1v) is 4.72. The van der Waals surface area contributed by atoms with Gasteiger partial charge in [-0.1, -0.05) is 20.8 Å². The highest BCUT2D eigenvalue weighted by atomic mass is 16.1. The van der Waals surface area contributed by atoms with E-state index in [1.807, 2.05) is 6.92 Å². The predicted molar refractivity (Wildman–Crippen MR) is 52.0 cm³/mol. The lowest BCUT2D eigenvalue weighted by Gasteiger charge is -2.17.